The van der Waals surface area contributed by atoms with Gasteiger partial charge in [-0.15, -0.1) is 0 Å². The Hall–Kier alpha value is -2.63. The minimum Gasteiger partial charge on any atom is -0.361 e. The highest BCUT2D eigenvalue weighted by Gasteiger charge is 2.35. The Morgan fingerprint density at radius 1 is 1.35 bits per heavy atom. The van der Waals surface area contributed by atoms with E-state index in [0.29, 0.717) is 5.69 Å². The molecule has 1 atom stereocenters. The summed E-state index contributed by atoms with van der Waals surface area (Å²) >= 11 is 0. The molecule has 6 nitrogen and oxygen atoms in total. The molecule has 3 aromatic rings. The van der Waals surface area contributed by atoms with E-state index in [4.69, 9.17) is 4.52 Å². The van der Waals surface area contributed by atoms with Gasteiger partial charge in [-0.3, -0.25) is 9.89 Å². The summed E-state index contributed by atoms with van der Waals surface area (Å²) in [5, 5.41) is 12.1. The fraction of sp³-hybridized carbons (Fsp3) is 0.353. The number of nitrogens with one attached hydrogen (secondary N) is 1. The predicted octanol–water partition coefficient (Wildman–Crippen LogP) is 3.15. The maximum atomic E-state index is 13.0. The molecule has 0 radical (unpaired) electrons. The molecule has 0 aliphatic carbocycles. The number of benzene rings is 1. The SMILES string of the molecule is Cc1noc(C)c1[C@H]1CCCN1C(=O)c1n[nH]c2ccccc12. The van der Waals surface area contributed by atoms with E-state index < -0.39 is 0 Å². The monoisotopic (exact) mass is 310 g/mol. The van der Waals surface area contributed by atoms with Gasteiger partial charge >= 0.3 is 0 Å². The Kier molecular flexibility index (Phi) is 3.18. The lowest BCUT2D eigenvalue weighted by molar-refractivity contribution is 0.0730. The van der Waals surface area contributed by atoms with Crippen LogP contribution in [0.1, 0.15) is 46.4 Å². The van der Waals surface area contributed by atoms with Crippen molar-refractivity contribution in [2.24, 2.45) is 0 Å². The number of carbonyl (C=O) groups is 1. The molecule has 1 aromatic carbocycles. The first kappa shape index (κ1) is 14.0. The third kappa shape index (κ3) is 2.13. The summed E-state index contributed by atoms with van der Waals surface area (Å²) < 4.78 is 5.29. The normalized spacial score (nSPS) is 18.0. The molecule has 2 aromatic heterocycles. The van der Waals surface area contributed by atoms with E-state index in [9.17, 15) is 4.79 Å². The quantitative estimate of drug-likeness (QED) is 0.789. The highest BCUT2D eigenvalue weighted by atomic mass is 16.5. The number of aromatic nitrogens is 3. The Labute approximate surface area is 133 Å². The topological polar surface area (TPSA) is 75.0 Å². The Morgan fingerprint density at radius 3 is 2.96 bits per heavy atom. The van der Waals surface area contributed by atoms with Gasteiger partial charge in [0.05, 0.1) is 17.3 Å². The predicted molar refractivity (Wildman–Crippen MR) is 85.1 cm³/mol. The Bertz CT molecular complexity index is 860. The maximum absolute atomic E-state index is 13.0. The number of amides is 1. The average molecular weight is 310 g/mol. The third-order valence-electron chi connectivity index (χ3n) is 4.61. The minimum absolute atomic E-state index is 0.0178. The van der Waals surface area contributed by atoms with Crippen LogP contribution >= 0.6 is 0 Å². The van der Waals surface area contributed by atoms with Gasteiger partial charge in [0, 0.05) is 17.5 Å². The molecule has 1 amide bonds. The van der Waals surface area contributed by atoms with Crippen molar-refractivity contribution in [1.82, 2.24) is 20.3 Å². The van der Waals surface area contributed by atoms with E-state index >= 15 is 0 Å². The molecule has 1 fully saturated rings. The zero-order chi connectivity index (χ0) is 16.0. The van der Waals surface area contributed by atoms with Crippen molar-refractivity contribution >= 4 is 16.8 Å². The van der Waals surface area contributed by atoms with Gasteiger partial charge < -0.3 is 9.42 Å². The molecule has 3 heterocycles. The summed E-state index contributed by atoms with van der Waals surface area (Å²) in [5.74, 6) is 0.754. The first-order chi connectivity index (χ1) is 11.2. The van der Waals surface area contributed by atoms with E-state index in [0.717, 1.165) is 47.3 Å². The summed E-state index contributed by atoms with van der Waals surface area (Å²) in [6.07, 6.45) is 1.90. The van der Waals surface area contributed by atoms with Crippen LogP contribution in [0.15, 0.2) is 28.8 Å². The second kappa shape index (κ2) is 5.22. The maximum Gasteiger partial charge on any atom is 0.275 e. The van der Waals surface area contributed by atoms with Gasteiger partial charge in [-0.1, -0.05) is 23.4 Å². The van der Waals surface area contributed by atoms with E-state index in [1.165, 1.54) is 0 Å². The molecular weight excluding hydrogens is 292 g/mol. The average Bonchev–Trinajstić information content (AvgIpc) is 3.25. The first-order valence-corrected chi connectivity index (χ1v) is 7.83. The lowest BCUT2D eigenvalue weighted by atomic mass is 10.0. The summed E-state index contributed by atoms with van der Waals surface area (Å²) in [6.45, 7) is 4.56. The number of nitrogens with zero attached hydrogens (tertiary/aromatic N) is 3. The number of hydrogen-bond donors (Lipinski definition) is 1. The first-order valence-electron chi connectivity index (χ1n) is 7.83. The zero-order valence-corrected chi connectivity index (χ0v) is 13.2. The lowest BCUT2D eigenvalue weighted by Crippen LogP contribution is -2.31. The van der Waals surface area contributed by atoms with Gasteiger partial charge in [0.2, 0.25) is 0 Å². The van der Waals surface area contributed by atoms with Gasteiger partial charge in [0.1, 0.15) is 5.76 Å². The van der Waals surface area contributed by atoms with Crippen LogP contribution in [0.4, 0.5) is 0 Å². The van der Waals surface area contributed by atoms with Crippen LogP contribution in [0.25, 0.3) is 10.9 Å². The number of fused-ring (bicyclic) bond motifs is 1. The molecule has 1 aliphatic rings. The molecule has 0 bridgehead atoms. The molecule has 1 aliphatic heterocycles. The summed E-state index contributed by atoms with van der Waals surface area (Å²) in [5.41, 5.74) is 3.26. The highest BCUT2D eigenvalue weighted by Crippen LogP contribution is 2.36. The minimum atomic E-state index is -0.0371. The van der Waals surface area contributed by atoms with E-state index in [1.54, 1.807) is 0 Å². The van der Waals surface area contributed by atoms with Crippen molar-refractivity contribution < 1.29 is 9.32 Å². The van der Waals surface area contributed by atoms with Crippen LogP contribution in [0.5, 0.6) is 0 Å². The van der Waals surface area contributed by atoms with E-state index in [-0.39, 0.29) is 11.9 Å². The number of carbonyl (C=O) groups excluding carboxylic acids is 1. The molecule has 1 N–H and O–H groups in total. The molecule has 118 valence electrons. The summed E-state index contributed by atoms with van der Waals surface area (Å²) in [6, 6.07) is 7.72. The molecule has 0 unspecified atom stereocenters. The molecule has 1 saturated heterocycles. The van der Waals surface area contributed by atoms with Gasteiger partial charge in [-0.2, -0.15) is 5.10 Å². The number of para-hydroxylation sites is 1. The summed E-state index contributed by atoms with van der Waals surface area (Å²) in [7, 11) is 0. The van der Waals surface area contributed by atoms with Crippen molar-refractivity contribution in [1.29, 1.82) is 0 Å². The van der Waals surface area contributed by atoms with Gasteiger partial charge in [-0.05, 0) is 32.8 Å². The van der Waals surface area contributed by atoms with Crippen molar-refractivity contribution in [3.8, 4) is 0 Å². The molecule has 4 rings (SSSR count). The number of rotatable bonds is 2. The smallest absolute Gasteiger partial charge is 0.275 e. The van der Waals surface area contributed by atoms with E-state index in [1.807, 2.05) is 43.0 Å². The van der Waals surface area contributed by atoms with Crippen LogP contribution < -0.4 is 0 Å². The number of hydrogen-bond acceptors (Lipinski definition) is 4. The summed E-state index contributed by atoms with van der Waals surface area (Å²) in [4.78, 5) is 14.9. The Balaban J connectivity index is 1.73. The Morgan fingerprint density at radius 2 is 2.17 bits per heavy atom. The number of aromatic amines is 1. The largest absolute Gasteiger partial charge is 0.361 e. The zero-order valence-electron chi connectivity index (χ0n) is 13.2. The van der Waals surface area contributed by atoms with Crippen LogP contribution in [0.2, 0.25) is 0 Å². The molecule has 23 heavy (non-hydrogen) atoms. The molecular formula is C17H18N4O2. The molecule has 0 spiro atoms. The van der Waals surface area contributed by atoms with Crippen molar-refractivity contribution in [3.05, 3.63) is 47.0 Å². The van der Waals surface area contributed by atoms with Crippen LogP contribution in [-0.2, 0) is 0 Å². The van der Waals surface area contributed by atoms with E-state index in [2.05, 4.69) is 15.4 Å². The van der Waals surface area contributed by atoms with Crippen molar-refractivity contribution in [2.75, 3.05) is 6.54 Å². The van der Waals surface area contributed by atoms with Crippen LogP contribution in [0, 0.1) is 13.8 Å². The molecule has 6 heteroatoms. The number of H-pyrrole nitrogens is 1. The van der Waals surface area contributed by atoms with Crippen molar-refractivity contribution in [2.45, 2.75) is 32.7 Å². The fourth-order valence-corrected chi connectivity index (χ4v) is 3.54. The molecule has 0 saturated carbocycles. The van der Waals surface area contributed by atoms with Crippen LogP contribution in [0.3, 0.4) is 0 Å². The second-order valence-electron chi connectivity index (χ2n) is 6.01. The number of likely N-dealkylation sites (tertiary alicyclic amines) is 1. The van der Waals surface area contributed by atoms with Crippen molar-refractivity contribution in [3.63, 3.8) is 0 Å². The van der Waals surface area contributed by atoms with Crippen LogP contribution in [-0.4, -0.2) is 32.7 Å². The third-order valence-corrected chi connectivity index (χ3v) is 4.61. The number of aryl methyl sites for hydroxylation is 2. The second-order valence-corrected chi connectivity index (χ2v) is 6.01. The standard InChI is InChI=1S/C17H18N4O2/c1-10-15(11(2)23-20-10)14-8-5-9-21(14)17(22)16-12-6-3-4-7-13(12)18-19-16/h3-4,6-7,14H,5,8-9H2,1-2H3,(H,18,19)/t14-/m1/s1. The fourth-order valence-electron chi connectivity index (χ4n) is 3.54. The van der Waals surface area contributed by atoms with Gasteiger partial charge in [-0.25, -0.2) is 0 Å². The lowest BCUT2D eigenvalue weighted by Gasteiger charge is -2.24. The van der Waals surface area contributed by atoms with Gasteiger partial charge in [0.15, 0.2) is 5.69 Å². The highest BCUT2D eigenvalue weighted by molar-refractivity contribution is 6.04. The van der Waals surface area contributed by atoms with Gasteiger partial charge in [0.25, 0.3) is 5.91 Å².